The van der Waals surface area contributed by atoms with Crippen molar-refractivity contribution in [1.82, 2.24) is 31.9 Å². The number of phenols is 2. The molecule has 0 radical (unpaired) electrons. The van der Waals surface area contributed by atoms with Gasteiger partial charge in [0, 0.05) is 111 Å². The normalized spacial score (nSPS) is 18.4. The largest absolute Gasteiger partial charge is 0.507 e. The van der Waals surface area contributed by atoms with Crippen LogP contribution in [0.1, 0.15) is 155 Å². The van der Waals surface area contributed by atoms with E-state index in [0.29, 0.717) is 22.4 Å². The second kappa shape index (κ2) is 44.4. The van der Waals surface area contributed by atoms with Crippen LogP contribution in [0.3, 0.4) is 0 Å². The number of phenolic OH excluding ortho intramolecular Hbond substituents is 2. The number of nitrogens with one attached hydrogen (secondary N) is 6. The van der Waals surface area contributed by atoms with Crippen LogP contribution in [0.5, 0.6) is 17.2 Å². The molecule has 37 heteroatoms. The van der Waals surface area contributed by atoms with Gasteiger partial charge in [0.25, 0.3) is 10.1 Å². The highest BCUT2D eigenvalue weighted by atomic mass is 32.2. The van der Waals surface area contributed by atoms with E-state index in [4.69, 9.17) is 43.6 Å². The van der Waals surface area contributed by atoms with Gasteiger partial charge in [0.2, 0.25) is 41.2 Å². The maximum absolute atomic E-state index is 14.1. The second-order valence-electron chi connectivity index (χ2n) is 29.7. The van der Waals surface area contributed by atoms with E-state index in [0.717, 1.165) is 11.1 Å². The first-order valence-corrected chi connectivity index (χ1v) is 41.0. The van der Waals surface area contributed by atoms with E-state index < -0.39 is 183 Å². The van der Waals surface area contributed by atoms with Crippen molar-refractivity contribution in [3.05, 3.63) is 152 Å². The van der Waals surface area contributed by atoms with Gasteiger partial charge in [-0.2, -0.15) is 8.42 Å². The Balaban J connectivity index is 0.630. The van der Waals surface area contributed by atoms with Crippen LogP contribution in [-0.2, 0) is 112 Å². The quantitative estimate of drug-likeness (QED) is 0.00852. The molecule has 1 saturated heterocycles. The zero-order valence-electron chi connectivity index (χ0n) is 67.3. The van der Waals surface area contributed by atoms with E-state index in [9.17, 15) is 96.0 Å². The molecule has 2 aliphatic carbocycles. The summed E-state index contributed by atoms with van der Waals surface area (Å²) >= 11 is 0. The Hall–Kier alpha value is -11.2. The van der Waals surface area contributed by atoms with Crippen molar-refractivity contribution in [2.45, 2.75) is 152 Å². The summed E-state index contributed by atoms with van der Waals surface area (Å²) in [4.78, 5) is 161. The molecule has 8 amide bonds. The van der Waals surface area contributed by atoms with Gasteiger partial charge in [-0.15, -0.1) is 0 Å². The summed E-state index contributed by atoms with van der Waals surface area (Å²) < 4.78 is 79.4. The fraction of sp³-hybridized carbons (Fsp3) is 0.476. The SMILES string of the molecule is COc1cccc2c1C(=O)c1c(O)c3c(c(O)c1C2=O)C[C@@](O)(C(=O)CO)C[C@@H]3O[C@H]1C[C@H](CC(=O)OCc2ccc(CC(=O)C(CCCNC(N)=O)NC(=O)[C@@H](NC(=O)CCC(=O)NCCOCCOCCOCCOCCC(=O)NCC(C(=O)NCCC(=O)N3Cc4ccccc4C#Cc4ccccc43)S(=O)(=O)O)C(C)C)cc2)[C@H](O)[C@H](C)O1. The summed E-state index contributed by atoms with van der Waals surface area (Å²) in [5.41, 5.74) is 4.58. The Kier molecular flexibility index (Phi) is 34.4. The number of aliphatic hydroxyl groups excluding tert-OH is 2. The number of rotatable bonds is 45. The lowest BCUT2D eigenvalue weighted by Gasteiger charge is -2.42. The number of hydrogen-bond donors (Lipinski definition) is 13. The molecule has 1 fully saturated rings. The first-order valence-electron chi connectivity index (χ1n) is 39.5. The summed E-state index contributed by atoms with van der Waals surface area (Å²) in [6, 6.07) is 22.1. The number of Topliss-reactive ketones (excluding diaryl/α,β-unsaturated/α-hetero) is 2. The number of benzene rings is 5. The molecule has 5 aromatic rings. The molecule has 2 heterocycles. The molecule has 0 saturated carbocycles. The number of ketones is 4. The minimum absolute atomic E-state index is 0.0139. The van der Waals surface area contributed by atoms with Crippen LogP contribution in [0.4, 0.5) is 10.5 Å². The number of anilines is 1. The van der Waals surface area contributed by atoms with Crippen molar-refractivity contribution < 1.29 is 134 Å². The Morgan fingerprint density at radius 3 is 2.01 bits per heavy atom. The van der Waals surface area contributed by atoms with E-state index in [1.807, 2.05) is 24.3 Å². The number of nitrogens with two attached hydrogens (primary N) is 1. The number of hydrogen-bond acceptors (Lipinski definition) is 27. The number of ether oxygens (including phenoxy) is 8. The number of methoxy groups -OCH3 is 1. The van der Waals surface area contributed by atoms with Crippen LogP contribution in [0.25, 0.3) is 0 Å². The number of primary amides is 1. The molecule has 14 N–H and O–H groups in total. The predicted molar refractivity (Wildman–Crippen MR) is 429 cm³/mol. The van der Waals surface area contributed by atoms with Crippen LogP contribution in [-0.4, -0.2) is 243 Å². The number of carbonyl (C=O) groups is 12. The fourth-order valence-corrected chi connectivity index (χ4v) is 14.9. The summed E-state index contributed by atoms with van der Waals surface area (Å²) in [5.74, 6) is -4.60. The number of urea groups is 1. The van der Waals surface area contributed by atoms with Gasteiger partial charge in [-0.3, -0.25) is 57.3 Å². The third-order valence-corrected chi connectivity index (χ3v) is 21.8. The number of fused-ring (bicyclic) bond motifs is 5. The van der Waals surface area contributed by atoms with Gasteiger partial charge in [0.15, 0.2) is 28.9 Å². The molecule has 121 heavy (non-hydrogen) atoms. The molecule has 652 valence electrons. The Morgan fingerprint density at radius 1 is 0.694 bits per heavy atom. The zero-order chi connectivity index (χ0) is 87.7. The van der Waals surface area contributed by atoms with Gasteiger partial charge in [-0.1, -0.05) is 92.4 Å². The number of aliphatic hydroxyl groups is 3. The second-order valence-corrected chi connectivity index (χ2v) is 31.3. The Labute approximate surface area is 697 Å². The molecule has 0 aromatic heterocycles. The molecule has 2 aliphatic heterocycles. The lowest BCUT2D eigenvalue weighted by Crippen LogP contribution is -2.54. The summed E-state index contributed by atoms with van der Waals surface area (Å²) in [6.07, 6.45) is -7.90. The van der Waals surface area contributed by atoms with E-state index in [1.54, 1.807) is 62.4 Å². The summed E-state index contributed by atoms with van der Waals surface area (Å²) in [5, 5.41) is 69.8. The highest BCUT2D eigenvalue weighted by molar-refractivity contribution is 7.87. The number of carbonyl (C=O) groups excluding carboxylic acids is 12. The van der Waals surface area contributed by atoms with E-state index in [-0.39, 0.29) is 177 Å². The molecular weight excluding hydrogens is 1600 g/mol. The number of para-hydroxylation sites is 1. The van der Waals surface area contributed by atoms with Crippen LogP contribution < -0.4 is 47.3 Å². The maximum Gasteiger partial charge on any atom is 0.312 e. The van der Waals surface area contributed by atoms with E-state index >= 15 is 0 Å². The average molecular weight is 1700 g/mol. The molecule has 0 bridgehead atoms. The maximum atomic E-state index is 14.1. The molecule has 9 rings (SSSR count). The predicted octanol–water partition coefficient (Wildman–Crippen LogP) is 1.79. The van der Waals surface area contributed by atoms with Gasteiger partial charge in [-0.25, -0.2) is 4.79 Å². The average Bonchev–Trinajstić information content (AvgIpc) is 0.709. The van der Waals surface area contributed by atoms with Crippen molar-refractivity contribution in [1.29, 1.82) is 0 Å². The van der Waals surface area contributed by atoms with Crippen molar-refractivity contribution >= 4 is 86.4 Å². The van der Waals surface area contributed by atoms with E-state index in [1.165, 1.54) is 37.1 Å². The van der Waals surface area contributed by atoms with Gasteiger partial charge >= 0.3 is 12.0 Å². The van der Waals surface area contributed by atoms with Crippen molar-refractivity contribution in [3.8, 4) is 29.1 Å². The smallest absolute Gasteiger partial charge is 0.312 e. The van der Waals surface area contributed by atoms with Gasteiger partial charge in [0.05, 0.1) is 120 Å². The highest BCUT2D eigenvalue weighted by Crippen LogP contribution is 2.53. The summed E-state index contributed by atoms with van der Waals surface area (Å²) in [7, 11) is -3.70. The Morgan fingerprint density at radius 2 is 1.33 bits per heavy atom. The van der Waals surface area contributed by atoms with Crippen LogP contribution in [0.2, 0.25) is 0 Å². The molecule has 36 nitrogen and oxygen atoms in total. The van der Waals surface area contributed by atoms with Crippen molar-refractivity contribution in [2.75, 3.05) is 97.7 Å². The summed E-state index contributed by atoms with van der Waals surface area (Å²) in [6.45, 7) is 3.93. The molecular formula is C84H102N8O28S. The fourth-order valence-electron chi connectivity index (χ4n) is 14.3. The highest BCUT2D eigenvalue weighted by Gasteiger charge is 2.51. The van der Waals surface area contributed by atoms with Crippen LogP contribution in [0.15, 0.2) is 91.0 Å². The van der Waals surface area contributed by atoms with E-state index in [2.05, 4.69) is 43.7 Å². The molecule has 2 unspecified atom stereocenters. The van der Waals surface area contributed by atoms with Gasteiger partial charge in [-0.05, 0) is 66.6 Å². The number of esters is 1. The molecule has 4 aliphatic rings. The first kappa shape index (κ1) is 93.7. The minimum Gasteiger partial charge on any atom is -0.507 e. The minimum atomic E-state index is -4.97. The van der Waals surface area contributed by atoms with Crippen LogP contribution in [0, 0.1) is 23.7 Å². The van der Waals surface area contributed by atoms with Gasteiger partial charge < -0.3 is 106 Å². The zero-order valence-corrected chi connectivity index (χ0v) is 68.2. The third kappa shape index (κ3) is 25.7. The standard InChI is InChI=1S/C84H102N8O28S/c1-48(2)75(91-67(98)25-24-65(96)86-30-32-115-34-36-117-38-37-116-35-33-114-31-27-66(97)89-44-63(121(110,111)112)81(106)87-29-26-68(99)92-45-54-13-6-5-11-52(54)22-23-53-12-7-8-16-59(53)92)82(107)90-58(15-10-28-88-83(85)108)60(94)39-50-18-20-51(21-19-50)47-118-69(100)40-55-41-70(119-49(3)76(55)101)120-62-43-84(109,64(95)46-93)42-57-72(62)80(105)74-73(78(57)103)77(102)56-14-9-17-61(113-4)71(56)79(74)104/h5-9,11-14,16-21,48-49,55,58,62-63,70,75-76,93,101,103,105,109H,10,15,24-47H2,1-4H3,(H,86,96)(H,87,106)(H,89,97)(H,90,107)(H,91,98)(H3,85,88,108)(H,110,111,112)/t49-,55-,58?,62-,63?,70-,75-,76+,84-/m0/s1. The molecule has 9 atom stereocenters. The number of aromatic hydroxyl groups is 2. The number of nitrogens with zero attached hydrogens (tertiary/aromatic N) is 1. The number of amides is 8. The van der Waals surface area contributed by atoms with Crippen molar-refractivity contribution in [2.24, 2.45) is 17.6 Å². The third-order valence-electron chi connectivity index (χ3n) is 20.7. The monoisotopic (exact) mass is 1700 g/mol. The molecule has 5 aromatic carbocycles. The Bertz CT molecular complexity index is 4800. The first-order chi connectivity index (χ1) is 57.8. The van der Waals surface area contributed by atoms with Gasteiger partial charge in [0.1, 0.15) is 42.1 Å². The lowest BCUT2D eigenvalue weighted by atomic mass is 9.72. The van der Waals surface area contributed by atoms with Crippen LogP contribution >= 0.6 is 0 Å². The lowest BCUT2D eigenvalue weighted by molar-refractivity contribution is -0.257. The van der Waals surface area contributed by atoms with Crippen molar-refractivity contribution in [3.63, 3.8) is 0 Å². The molecule has 0 spiro atoms. The topological polar surface area (TPSA) is 536 Å².